The number of carboxylic acid groups (broad SMARTS) is 1. The molecule has 22 heavy (non-hydrogen) atoms. The zero-order valence-electron chi connectivity index (χ0n) is 12.7. The van der Waals surface area contributed by atoms with Crippen LogP contribution < -0.4 is 4.74 Å². The summed E-state index contributed by atoms with van der Waals surface area (Å²) < 4.78 is 31.8. The van der Waals surface area contributed by atoms with E-state index < -0.39 is 21.9 Å². The summed E-state index contributed by atoms with van der Waals surface area (Å²) in [5.41, 5.74) is 0. The molecule has 6 nitrogen and oxygen atoms in total. The molecule has 2 atom stereocenters. The lowest BCUT2D eigenvalue weighted by molar-refractivity contribution is -0.142. The molecular weight excluding hydrogens is 306 g/mol. The van der Waals surface area contributed by atoms with Crippen molar-refractivity contribution in [2.24, 2.45) is 11.8 Å². The Kier molecular flexibility index (Phi) is 5.08. The molecule has 1 heterocycles. The molecule has 1 saturated heterocycles. The van der Waals surface area contributed by atoms with E-state index in [0.29, 0.717) is 12.4 Å². The van der Waals surface area contributed by atoms with Crippen LogP contribution in [0.25, 0.3) is 0 Å². The molecular formula is C15H21NO5S. The number of carboxylic acids is 1. The Morgan fingerprint density at radius 3 is 2.45 bits per heavy atom. The summed E-state index contributed by atoms with van der Waals surface area (Å²) in [5.74, 6) is -1.17. The quantitative estimate of drug-likeness (QED) is 0.861. The van der Waals surface area contributed by atoms with Gasteiger partial charge in [-0.2, -0.15) is 4.31 Å². The van der Waals surface area contributed by atoms with Crippen molar-refractivity contribution in [3.05, 3.63) is 24.3 Å². The highest BCUT2D eigenvalue weighted by molar-refractivity contribution is 7.89. The van der Waals surface area contributed by atoms with Crippen molar-refractivity contribution in [2.75, 3.05) is 19.7 Å². The molecule has 1 aromatic carbocycles. The van der Waals surface area contributed by atoms with Crippen LogP contribution in [0.2, 0.25) is 0 Å². The van der Waals surface area contributed by atoms with E-state index in [2.05, 4.69) is 0 Å². The second-order valence-corrected chi connectivity index (χ2v) is 7.50. The van der Waals surface area contributed by atoms with Crippen LogP contribution in [0.3, 0.4) is 0 Å². The summed E-state index contributed by atoms with van der Waals surface area (Å²) in [6, 6.07) is 6.24. The van der Waals surface area contributed by atoms with Crippen LogP contribution in [0.4, 0.5) is 0 Å². The Balaban J connectivity index is 2.15. The van der Waals surface area contributed by atoms with E-state index in [1.165, 1.54) is 16.4 Å². The van der Waals surface area contributed by atoms with E-state index in [9.17, 15) is 13.2 Å². The van der Waals surface area contributed by atoms with Gasteiger partial charge < -0.3 is 9.84 Å². The first-order valence-electron chi connectivity index (χ1n) is 7.32. The van der Waals surface area contributed by atoms with Crippen molar-refractivity contribution in [3.63, 3.8) is 0 Å². The average Bonchev–Trinajstić information content (AvgIpc) is 2.88. The maximum absolute atomic E-state index is 12.6. The number of ether oxygens (including phenoxy) is 1. The first-order valence-corrected chi connectivity index (χ1v) is 8.76. The van der Waals surface area contributed by atoms with Gasteiger partial charge in [0.2, 0.25) is 10.0 Å². The van der Waals surface area contributed by atoms with Crippen LogP contribution in [-0.4, -0.2) is 43.5 Å². The predicted molar refractivity (Wildman–Crippen MR) is 81.3 cm³/mol. The first-order chi connectivity index (χ1) is 10.4. The third-order valence-electron chi connectivity index (χ3n) is 3.83. The number of hydrogen-bond donors (Lipinski definition) is 1. The molecule has 0 spiro atoms. The minimum atomic E-state index is -3.66. The van der Waals surface area contributed by atoms with E-state index in [1.54, 1.807) is 19.1 Å². The SMILES string of the molecule is CCCOc1ccc(S(=O)(=O)N2C[C@@H](C)[C@H](C(=O)O)C2)cc1. The lowest BCUT2D eigenvalue weighted by atomic mass is 9.99. The van der Waals surface area contributed by atoms with Crippen LogP contribution in [0, 0.1) is 11.8 Å². The third-order valence-corrected chi connectivity index (χ3v) is 5.68. The maximum atomic E-state index is 12.6. The van der Waals surface area contributed by atoms with Crippen molar-refractivity contribution in [1.29, 1.82) is 0 Å². The third kappa shape index (κ3) is 3.41. The summed E-state index contributed by atoms with van der Waals surface area (Å²) in [5, 5.41) is 9.12. The molecule has 1 aliphatic heterocycles. The second kappa shape index (κ2) is 6.66. The van der Waals surface area contributed by atoms with E-state index in [1.807, 2.05) is 6.92 Å². The van der Waals surface area contributed by atoms with Crippen LogP contribution in [0.5, 0.6) is 5.75 Å². The fraction of sp³-hybridized carbons (Fsp3) is 0.533. The molecule has 0 aromatic heterocycles. The van der Waals surface area contributed by atoms with Gasteiger partial charge in [0, 0.05) is 13.1 Å². The number of carbonyl (C=O) groups is 1. The standard InChI is InChI=1S/C15H21NO5S/c1-3-8-21-12-4-6-13(7-5-12)22(19,20)16-9-11(2)14(10-16)15(17)18/h4-7,11,14H,3,8-10H2,1-2H3,(H,17,18)/t11-,14-/m1/s1. The molecule has 7 heteroatoms. The predicted octanol–water partition coefficient (Wildman–Crippen LogP) is 1.82. The number of sulfonamides is 1. The van der Waals surface area contributed by atoms with Gasteiger partial charge in [0.1, 0.15) is 5.75 Å². The number of rotatable bonds is 6. The molecule has 0 bridgehead atoms. The molecule has 122 valence electrons. The molecule has 1 aliphatic rings. The molecule has 1 N–H and O–H groups in total. The van der Waals surface area contributed by atoms with Crippen molar-refractivity contribution in [2.45, 2.75) is 25.2 Å². The van der Waals surface area contributed by atoms with Gasteiger partial charge in [-0.25, -0.2) is 8.42 Å². The monoisotopic (exact) mass is 327 g/mol. The van der Waals surface area contributed by atoms with Crippen LogP contribution >= 0.6 is 0 Å². The average molecular weight is 327 g/mol. The Morgan fingerprint density at radius 2 is 1.95 bits per heavy atom. The van der Waals surface area contributed by atoms with E-state index in [4.69, 9.17) is 9.84 Å². The summed E-state index contributed by atoms with van der Waals surface area (Å²) in [6.45, 7) is 4.58. The molecule has 1 fully saturated rings. The zero-order chi connectivity index (χ0) is 16.3. The number of hydrogen-bond acceptors (Lipinski definition) is 4. The maximum Gasteiger partial charge on any atom is 0.308 e. The highest BCUT2D eigenvalue weighted by Gasteiger charge is 2.40. The normalized spacial score (nSPS) is 22.6. The Morgan fingerprint density at radius 1 is 1.32 bits per heavy atom. The van der Waals surface area contributed by atoms with Crippen molar-refractivity contribution < 1.29 is 23.1 Å². The van der Waals surface area contributed by atoms with Gasteiger partial charge in [0.15, 0.2) is 0 Å². The van der Waals surface area contributed by atoms with Gasteiger partial charge in [-0.3, -0.25) is 4.79 Å². The van der Waals surface area contributed by atoms with Crippen molar-refractivity contribution in [1.82, 2.24) is 4.31 Å². The molecule has 1 aromatic rings. The smallest absolute Gasteiger partial charge is 0.308 e. The molecule has 2 rings (SSSR count). The van der Waals surface area contributed by atoms with Crippen molar-refractivity contribution >= 4 is 16.0 Å². The topological polar surface area (TPSA) is 83.9 Å². The molecule has 0 saturated carbocycles. The molecule has 0 radical (unpaired) electrons. The van der Waals surface area contributed by atoms with E-state index in [0.717, 1.165) is 6.42 Å². The highest BCUT2D eigenvalue weighted by atomic mass is 32.2. The molecule has 0 amide bonds. The van der Waals surface area contributed by atoms with E-state index in [-0.39, 0.29) is 23.9 Å². The number of benzene rings is 1. The van der Waals surface area contributed by atoms with Gasteiger partial charge in [0.05, 0.1) is 17.4 Å². The summed E-state index contributed by atoms with van der Waals surface area (Å²) in [6.07, 6.45) is 0.877. The Bertz CT molecular complexity index is 626. The first kappa shape index (κ1) is 16.8. The number of aliphatic carboxylic acids is 1. The fourth-order valence-electron chi connectivity index (χ4n) is 2.52. The highest BCUT2D eigenvalue weighted by Crippen LogP contribution is 2.29. The summed E-state index contributed by atoms with van der Waals surface area (Å²) >= 11 is 0. The minimum Gasteiger partial charge on any atom is -0.494 e. The van der Waals surface area contributed by atoms with E-state index >= 15 is 0 Å². The van der Waals surface area contributed by atoms with Crippen molar-refractivity contribution in [3.8, 4) is 5.75 Å². The summed E-state index contributed by atoms with van der Waals surface area (Å²) in [7, 11) is -3.66. The molecule has 0 aliphatic carbocycles. The van der Waals surface area contributed by atoms with Crippen LogP contribution in [0.1, 0.15) is 20.3 Å². The lowest BCUT2D eigenvalue weighted by Crippen LogP contribution is -2.30. The Hall–Kier alpha value is -1.60. The molecule has 0 unspecified atom stereocenters. The van der Waals surface area contributed by atoms with Gasteiger partial charge in [-0.15, -0.1) is 0 Å². The minimum absolute atomic E-state index is 0.0208. The summed E-state index contributed by atoms with van der Waals surface area (Å²) in [4.78, 5) is 11.3. The van der Waals surface area contributed by atoms with Gasteiger partial charge in [0.25, 0.3) is 0 Å². The number of nitrogens with zero attached hydrogens (tertiary/aromatic N) is 1. The largest absolute Gasteiger partial charge is 0.494 e. The van der Waals surface area contributed by atoms with Gasteiger partial charge in [-0.05, 0) is 36.6 Å². The van der Waals surface area contributed by atoms with Gasteiger partial charge >= 0.3 is 5.97 Å². The fourth-order valence-corrected chi connectivity index (χ4v) is 4.08. The lowest BCUT2D eigenvalue weighted by Gasteiger charge is -2.16. The second-order valence-electron chi connectivity index (χ2n) is 5.56. The zero-order valence-corrected chi connectivity index (χ0v) is 13.5. The van der Waals surface area contributed by atoms with Gasteiger partial charge in [-0.1, -0.05) is 13.8 Å². The van der Waals surface area contributed by atoms with Crippen LogP contribution in [-0.2, 0) is 14.8 Å². The van der Waals surface area contributed by atoms with Crippen LogP contribution in [0.15, 0.2) is 29.2 Å². The Labute approximate surface area is 130 Å².